The van der Waals surface area contributed by atoms with E-state index in [4.69, 9.17) is 14.6 Å². The predicted octanol–water partition coefficient (Wildman–Crippen LogP) is 24.9. The molecule has 0 atom stereocenters. The van der Waals surface area contributed by atoms with Crippen LogP contribution in [0.2, 0.25) is 0 Å². The Bertz CT molecular complexity index is 6000. The van der Waals surface area contributed by atoms with Crippen LogP contribution in [0.5, 0.6) is 11.5 Å². The summed E-state index contributed by atoms with van der Waals surface area (Å²) < 4.78 is 263. The van der Waals surface area contributed by atoms with E-state index in [-0.39, 0.29) is 78.5 Å². The Balaban J connectivity index is 0.000000216. The van der Waals surface area contributed by atoms with Crippen LogP contribution in [0.15, 0.2) is 232 Å². The van der Waals surface area contributed by atoms with Gasteiger partial charge in [0.15, 0.2) is 0 Å². The number of esters is 1. The Morgan fingerprint density at radius 2 is 0.728 bits per heavy atom. The Morgan fingerprint density at radius 1 is 0.408 bits per heavy atom. The third kappa shape index (κ3) is 29.2. The maximum atomic E-state index is 13.4. The van der Waals surface area contributed by atoms with Gasteiger partial charge in [-0.2, -0.15) is 65.9 Å². The zero-order chi connectivity index (χ0) is 91.8. The van der Waals surface area contributed by atoms with Crippen molar-refractivity contribution < 1.29 is 151 Å². The van der Waals surface area contributed by atoms with Gasteiger partial charge in [-0.25, -0.2) is 16.8 Å². The van der Waals surface area contributed by atoms with Gasteiger partial charge in [-0.15, -0.1) is 68.0 Å². The van der Waals surface area contributed by atoms with Crippen LogP contribution >= 0.6 is 96.0 Å². The number of carboxylic acids is 1. The first kappa shape index (κ1) is 104. The van der Waals surface area contributed by atoms with Crippen molar-refractivity contribution in [2.24, 2.45) is 0 Å². The number of carbonyl (C=O) groups is 2. The van der Waals surface area contributed by atoms with E-state index in [0.717, 1.165) is 131 Å². The van der Waals surface area contributed by atoms with E-state index < -0.39 is 90.3 Å². The molecule has 0 fully saturated rings. The first-order valence-electron chi connectivity index (χ1n) is 36.2. The molecule has 1 N–H and O–H groups in total. The third-order valence-electron chi connectivity index (χ3n) is 17.7. The molecule has 6 heterocycles. The van der Waals surface area contributed by atoms with Crippen LogP contribution in [0.1, 0.15) is 86.9 Å². The van der Waals surface area contributed by atoms with Gasteiger partial charge in [0.2, 0.25) is 19.7 Å². The third-order valence-corrected chi connectivity index (χ3v) is 29.6. The minimum absolute atomic E-state index is 0. The monoisotopic (exact) mass is 1980 g/mol. The van der Waals surface area contributed by atoms with Crippen molar-refractivity contribution in [3.8, 4) is 67.1 Å². The van der Waals surface area contributed by atoms with Crippen LogP contribution < -0.4 is 44.3 Å². The van der Waals surface area contributed by atoms with Crippen molar-refractivity contribution in [3.63, 3.8) is 0 Å². The van der Waals surface area contributed by atoms with Gasteiger partial charge in [0.25, 0.3) is 0 Å². The molecule has 0 spiro atoms. The fourth-order valence-electron chi connectivity index (χ4n) is 11.7. The summed E-state index contributed by atoms with van der Waals surface area (Å²) in [5.41, 5.74) is 4.37. The number of methoxy groups -OCH3 is 1. The summed E-state index contributed by atoms with van der Waals surface area (Å²) in [4.78, 5) is 29.6. The summed E-state index contributed by atoms with van der Waals surface area (Å²) in [5.74, 6) is -1.10. The SMILES string of the molecule is CCOc1cc(CC(=O)O)cc(S(=O)(=O)c2cc(-c3ccc(C(F)(F)F)cc3)c(C)s2)c1.CCOc1cc(CC(=O)OC)cc(S(=O)(=O)c2cc(-c3ccc(C(F)(F)F)cc3)c(C)s2)c1.Cc1cc(-c2ccc(C(F)(F)F)cc2)c(C)s1.Cc1sc(SO[O-])cc1-c1ccc(C(F)(F)F)cc1.Cc1sccc1-c1ccc(C(F)(F)F)cc1.Cc1sccc1Br.[Na+]. The van der Waals surface area contributed by atoms with E-state index in [2.05, 4.69) is 43.4 Å². The number of thiophene rings is 6. The van der Waals surface area contributed by atoms with Gasteiger partial charge in [-0.1, -0.05) is 60.7 Å². The molecule has 0 aliphatic heterocycles. The molecule has 660 valence electrons. The number of ether oxygens (including phenoxy) is 3. The van der Waals surface area contributed by atoms with Gasteiger partial charge >= 0.3 is 72.4 Å². The molecule has 0 bridgehead atoms. The number of alkyl halides is 15. The molecule has 0 aliphatic carbocycles. The summed E-state index contributed by atoms with van der Waals surface area (Å²) in [6, 6.07) is 43.6. The Hall–Kier alpha value is -8.12. The number of carboxylic acid groups (broad SMARTS) is 1. The van der Waals surface area contributed by atoms with Crippen molar-refractivity contribution in [3.05, 3.63) is 282 Å². The second kappa shape index (κ2) is 44.7. The van der Waals surface area contributed by atoms with Gasteiger partial charge < -0.3 is 28.9 Å². The van der Waals surface area contributed by atoms with Crippen LogP contribution in [-0.4, -0.2) is 54.2 Å². The van der Waals surface area contributed by atoms with Crippen LogP contribution in [0.3, 0.4) is 0 Å². The van der Waals surface area contributed by atoms with Crippen molar-refractivity contribution in [2.75, 3.05) is 20.3 Å². The molecular formula is C87H73BrF15NaO12S9. The van der Waals surface area contributed by atoms with Crippen molar-refractivity contribution in [1.82, 2.24) is 0 Å². The number of sulfone groups is 2. The quantitative estimate of drug-likeness (QED) is 0.0202. The van der Waals surface area contributed by atoms with Crippen LogP contribution in [0.4, 0.5) is 65.9 Å². The van der Waals surface area contributed by atoms with E-state index in [1.165, 1.54) is 131 Å². The first-order valence-corrected chi connectivity index (χ1v) is 45.8. The molecule has 7 aromatic carbocycles. The number of rotatable bonds is 19. The van der Waals surface area contributed by atoms with E-state index in [1.807, 2.05) is 45.2 Å². The van der Waals surface area contributed by atoms with Gasteiger partial charge in [-0.3, -0.25) is 9.59 Å². The van der Waals surface area contributed by atoms with Crippen LogP contribution in [-0.2, 0) is 82.1 Å². The predicted molar refractivity (Wildman–Crippen MR) is 459 cm³/mol. The summed E-state index contributed by atoms with van der Waals surface area (Å²) in [7, 11) is -6.75. The molecule has 0 saturated heterocycles. The maximum Gasteiger partial charge on any atom is 1.00 e. The molecule has 0 saturated carbocycles. The fraction of sp³-hybridized carbons (Fsp3) is 0.218. The number of benzene rings is 7. The average Bonchev–Trinajstić information content (AvgIpc) is 1.70. The molecule has 13 aromatic rings. The van der Waals surface area contributed by atoms with Gasteiger partial charge in [0.05, 0.1) is 75.0 Å². The first-order chi connectivity index (χ1) is 57.9. The molecule has 0 radical (unpaired) electrons. The normalized spacial score (nSPS) is 11.7. The Labute approximate surface area is 769 Å². The van der Waals surface area contributed by atoms with Crippen molar-refractivity contribution in [1.29, 1.82) is 0 Å². The smallest absolute Gasteiger partial charge is 0.710 e. The minimum atomic E-state index is -4.46. The van der Waals surface area contributed by atoms with Crippen molar-refractivity contribution >= 4 is 128 Å². The topological polar surface area (TPSA) is 183 Å². The van der Waals surface area contributed by atoms with E-state index in [1.54, 1.807) is 73.8 Å². The zero-order valence-electron chi connectivity index (χ0n) is 67.6. The number of carbonyl (C=O) groups excluding carboxylic acids is 1. The van der Waals surface area contributed by atoms with Gasteiger partial charge in [0.1, 0.15) is 19.9 Å². The summed E-state index contributed by atoms with van der Waals surface area (Å²) in [6.45, 7) is 17.3. The summed E-state index contributed by atoms with van der Waals surface area (Å²) >= 11 is 12.4. The average molecular weight is 1990 g/mol. The number of hydrogen-bond acceptors (Lipinski definition) is 18. The molecule has 0 unspecified atom stereocenters. The van der Waals surface area contributed by atoms with E-state index >= 15 is 0 Å². The van der Waals surface area contributed by atoms with E-state index in [9.17, 15) is 97.5 Å². The molecular weight excluding hydrogens is 1910 g/mol. The van der Waals surface area contributed by atoms with Crippen molar-refractivity contribution in [2.45, 2.75) is 128 Å². The molecule has 38 heteroatoms. The second-order valence-electron chi connectivity index (χ2n) is 26.5. The number of halogens is 16. The summed E-state index contributed by atoms with van der Waals surface area (Å²) in [6.07, 6.45) is -22.3. The molecule has 13 rings (SSSR count). The standard InChI is InChI=1S/C23H21F3O5S2.C22H19F3O5S2.C13H11F3S.C12H9F3O2S2.C12H9F3S.C5H5BrS.Na/c1-4-31-18-9-15(11-21(27)30-3)10-19(12-18)33(28,29)22-13-20(14(2)32-22)16-5-7-17(8-6-16)23(24,25)26;1-3-30-17-8-14(10-20(26)27)9-18(11-17)32(28,29)21-12-19(13(2)31-21)15-4-6-16(7-5-15)22(23,24)25;1-8-7-12(9(2)17-8)10-3-5-11(6-4-10)13(14,15)16;1-7-10(6-11(18-7)19-17-16)8-2-4-9(5-3-8)12(13,14)15;1-8-11(6-7-16-8)9-2-4-10(5-3-9)12(13,14)15;1-4-5(6)2-3-7-4;/h5-10,12-13H,4,11H2,1-3H3;4-9,11-12H,3,10H2,1-2H3,(H,26,27);3-7H,1-2H3;2-6,16H,1H3;2-7H,1H3;2-3H,1H3;/q;;;;;;+1/p-1. The largest absolute Gasteiger partial charge is 1.00 e. The number of aliphatic carboxylic acids is 1. The molecule has 6 aromatic heterocycles. The minimum Gasteiger partial charge on any atom is -0.710 e. The second-order valence-corrected chi connectivity index (χ2v) is 40.2. The number of hydrogen-bond donors (Lipinski definition) is 1. The van der Waals surface area contributed by atoms with Crippen LogP contribution in [0, 0.1) is 48.5 Å². The van der Waals surface area contributed by atoms with Gasteiger partial charge in [0, 0.05) is 50.7 Å². The fourth-order valence-corrected chi connectivity index (χ4v) is 22.0. The molecule has 0 aliphatic rings. The number of aryl methyl sites for hydroxylation is 7. The molecule has 0 amide bonds. The molecule has 12 nitrogen and oxygen atoms in total. The maximum absolute atomic E-state index is 13.4. The zero-order valence-corrected chi connectivity index (χ0v) is 78.6. The molecule has 125 heavy (non-hydrogen) atoms. The Kier molecular flexibility index (Phi) is 37.2. The van der Waals surface area contributed by atoms with Gasteiger partial charge in [-0.05, 0) is 289 Å². The van der Waals surface area contributed by atoms with E-state index in [0.29, 0.717) is 71.7 Å². The Morgan fingerprint density at radius 3 is 1.01 bits per heavy atom. The summed E-state index contributed by atoms with van der Waals surface area (Å²) in [5, 5.41) is 23.1. The van der Waals surface area contributed by atoms with Crippen LogP contribution in [0.25, 0.3) is 55.6 Å².